The molecule has 0 saturated heterocycles. The van der Waals surface area contributed by atoms with Crippen LogP contribution in [0.15, 0.2) is 0 Å². The van der Waals surface area contributed by atoms with E-state index in [-0.39, 0.29) is 5.91 Å². The van der Waals surface area contributed by atoms with Crippen molar-refractivity contribution >= 4 is 17.5 Å². The molecule has 0 aliphatic rings. The zero-order valence-corrected chi connectivity index (χ0v) is 14.0. The van der Waals surface area contributed by atoms with Gasteiger partial charge in [0.2, 0.25) is 5.91 Å². The molecule has 1 aromatic heterocycles. The fourth-order valence-electron chi connectivity index (χ4n) is 2.02. The van der Waals surface area contributed by atoms with Gasteiger partial charge in [-0.3, -0.25) is 4.79 Å². The summed E-state index contributed by atoms with van der Waals surface area (Å²) in [5.41, 5.74) is 0.978. The lowest BCUT2D eigenvalue weighted by Crippen LogP contribution is -2.35. The van der Waals surface area contributed by atoms with Crippen molar-refractivity contribution in [3.05, 3.63) is 11.4 Å². The van der Waals surface area contributed by atoms with Crippen LogP contribution in [0.2, 0.25) is 0 Å². The Balaban J connectivity index is 3.10. The molecule has 6 heteroatoms. The van der Waals surface area contributed by atoms with Crippen molar-refractivity contribution in [3.63, 3.8) is 0 Å². The van der Waals surface area contributed by atoms with Crippen LogP contribution in [0.3, 0.4) is 0 Å². The van der Waals surface area contributed by atoms with E-state index in [0.717, 1.165) is 42.4 Å². The van der Waals surface area contributed by atoms with Crippen molar-refractivity contribution in [3.8, 4) is 0 Å². The first-order chi connectivity index (χ1) is 9.90. The third kappa shape index (κ3) is 4.58. The van der Waals surface area contributed by atoms with Gasteiger partial charge in [0.05, 0.1) is 6.54 Å². The SMILES string of the molecule is CCCc1nc(NCC)c(C)c(N(C)CC(=O)N(C)C)n1. The smallest absolute Gasteiger partial charge is 0.241 e. The van der Waals surface area contributed by atoms with Crippen LogP contribution in [0.5, 0.6) is 0 Å². The van der Waals surface area contributed by atoms with E-state index in [1.54, 1.807) is 19.0 Å². The number of hydrogen-bond donors (Lipinski definition) is 1. The number of hydrogen-bond acceptors (Lipinski definition) is 5. The summed E-state index contributed by atoms with van der Waals surface area (Å²) in [6, 6.07) is 0. The van der Waals surface area contributed by atoms with Crippen LogP contribution in [0, 0.1) is 6.92 Å². The summed E-state index contributed by atoms with van der Waals surface area (Å²) < 4.78 is 0. The Labute approximate surface area is 127 Å². The summed E-state index contributed by atoms with van der Waals surface area (Å²) in [6.45, 7) is 7.25. The van der Waals surface area contributed by atoms with Crippen LogP contribution in [0.4, 0.5) is 11.6 Å². The van der Waals surface area contributed by atoms with Gasteiger partial charge in [0, 0.05) is 39.7 Å². The maximum atomic E-state index is 11.9. The Hall–Kier alpha value is -1.85. The molecule has 0 radical (unpaired) electrons. The molecule has 1 aromatic rings. The molecule has 0 saturated carbocycles. The van der Waals surface area contributed by atoms with E-state index >= 15 is 0 Å². The van der Waals surface area contributed by atoms with Crippen molar-refractivity contribution in [1.82, 2.24) is 14.9 Å². The minimum atomic E-state index is 0.0533. The van der Waals surface area contributed by atoms with Crippen LogP contribution >= 0.6 is 0 Å². The zero-order valence-electron chi connectivity index (χ0n) is 14.0. The first kappa shape index (κ1) is 17.2. The van der Waals surface area contributed by atoms with Crippen LogP contribution in [-0.4, -0.2) is 55.0 Å². The second kappa shape index (κ2) is 7.81. The normalized spacial score (nSPS) is 10.4. The van der Waals surface area contributed by atoms with Gasteiger partial charge in [-0.1, -0.05) is 6.92 Å². The summed E-state index contributed by atoms with van der Waals surface area (Å²) in [6.07, 6.45) is 1.83. The molecule has 0 aliphatic carbocycles. The second-order valence-corrected chi connectivity index (χ2v) is 5.36. The van der Waals surface area contributed by atoms with Crippen LogP contribution in [-0.2, 0) is 11.2 Å². The molecule has 1 amide bonds. The molecule has 1 heterocycles. The Bertz CT molecular complexity index is 487. The highest BCUT2D eigenvalue weighted by atomic mass is 16.2. The minimum absolute atomic E-state index is 0.0533. The summed E-state index contributed by atoms with van der Waals surface area (Å²) in [5, 5.41) is 3.27. The third-order valence-corrected chi connectivity index (χ3v) is 3.22. The number of aryl methyl sites for hydroxylation is 1. The van der Waals surface area contributed by atoms with Crippen molar-refractivity contribution in [1.29, 1.82) is 0 Å². The number of carbonyl (C=O) groups excluding carboxylic acids is 1. The van der Waals surface area contributed by atoms with Gasteiger partial charge in [0.1, 0.15) is 17.5 Å². The van der Waals surface area contributed by atoms with Gasteiger partial charge in [0.25, 0.3) is 0 Å². The molecule has 6 nitrogen and oxygen atoms in total. The van der Waals surface area contributed by atoms with E-state index in [0.29, 0.717) is 6.54 Å². The lowest BCUT2D eigenvalue weighted by molar-refractivity contribution is -0.127. The Morgan fingerprint density at radius 1 is 1.19 bits per heavy atom. The summed E-state index contributed by atoms with van der Waals surface area (Å²) in [4.78, 5) is 24.5. The average molecular weight is 293 g/mol. The molecule has 0 bridgehead atoms. The van der Waals surface area contributed by atoms with Gasteiger partial charge >= 0.3 is 0 Å². The number of likely N-dealkylation sites (N-methyl/N-ethyl adjacent to an activating group) is 2. The van der Waals surface area contributed by atoms with Crippen molar-refractivity contribution < 1.29 is 4.79 Å². The van der Waals surface area contributed by atoms with Gasteiger partial charge in [-0.15, -0.1) is 0 Å². The number of nitrogens with zero attached hydrogens (tertiary/aromatic N) is 4. The highest BCUT2D eigenvalue weighted by Crippen LogP contribution is 2.23. The first-order valence-electron chi connectivity index (χ1n) is 7.43. The van der Waals surface area contributed by atoms with E-state index in [4.69, 9.17) is 0 Å². The molecule has 0 unspecified atom stereocenters. The van der Waals surface area contributed by atoms with E-state index in [1.165, 1.54) is 0 Å². The van der Waals surface area contributed by atoms with E-state index in [9.17, 15) is 4.79 Å². The molecule has 0 spiro atoms. The largest absolute Gasteiger partial charge is 0.370 e. The molecule has 118 valence electrons. The van der Waals surface area contributed by atoms with Crippen molar-refractivity contribution in [2.75, 3.05) is 44.4 Å². The number of anilines is 2. The van der Waals surface area contributed by atoms with Gasteiger partial charge in [-0.2, -0.15) is 0 Å². The number of nitrogens with one attached hydrogen (secondary N) is 1. The van der Waals surface area contributed by atoms with E-state index in [1.807, 2.05) is 25.8 Å². The second-order valence-electron chi connectivity index (χ2n) is 5.36. The number of rotatable bonds is 7. The molecule has 0 aliphatic heterocycles. The minimum Gasteiger partial charge on any atom is -0.370 e. The highest BCUT2D eigenvalue weighted by molar-refractivity contribution is 5.81. The van der Waals surface area contributed by atoms with Crippen LogP contribution < -0.4 is 10.2 Å². The topological polar surface area (TPSA) is 61.4 Å². The van der Waals surface area contributed by atoms with Gasteiger partial charge in [-0.05, 0) is 20.3 Å². The van der Waals surface area contributed by atoms with Crippen LogP contribution in [0.25, 0.3) is 0 Å². The monoisotopic (exact) mass is 293 g/mol. The highest BCUT2D eigenvalue weighted by Gasteiger charge is 2.16. The molecule has 21 heavy (non-hydrogen) atoms. The quantitative estimate of drug-likeness (QED) is 0.829. The lowest BCUT2D eigenvalue weighted by Gasteiger charge is -2.23. The van der Waals surface area contributed by atoms with Gasteiger partial charge in [0.15, 0.2) is 0 Å². The number of amides is 1. The van der Waals surface area contributed by atoms with E-state index in [2.05, 4.69) is 22.2 Å². The summed E-state index contributed by atoms with van der Waals surface area (Å²) in [5.74, 6) is 2.55. The molecule has 1 N–H and O–H groups in total. The molecule has 0 fully saturated rings. The zero-order chi connectivity index (χ0) is 16.0. The molecular formula is C15H27N5O. The number of aromatic nitrogens is 2. The van der Waals surface area contributed by atoms with E-state index < -0.39 is 0 Å². The maximum Gasteiger partial charge on any atom is 0.241 e. The Kier molecular flexibility index (Phi) is 6.39. The fourth-order valence-corrected chi connectivity index (χ4v) is 2.02. The Morgan fingerprint density at radius 2 is 1.86 bits per heavy atom. The standard InChI is InChI=1S/C15H27N5O/c1-7-9-12-17-14(16-8-2)11(3)15(18-12)20(6)10-13(21)19(4)5/h7-10H2,1-6H3,(H,16,17,18). The van der Waals surface area contributed by atoms with Crippen molar-refractivity contribution in [2.24, 2.45) is 0 Å². The lowest BCUT2D eigenvalue weighted by atomic mass is 10.2. The maximum absolute atomic E-state index is 11.9. The average Bonchev–Trinajstić information content (AvgIpc) is 2.42. The number of carbonyl (C=O) groups is 1. The Morgan fingerprint density at radius 3 is 2.38 bits per heavy atom. The molecule has 0 aromatic carbocycles. The van der Waals surface area contributed by atoms with Crippen LogP contribution in [0.1, 0.15) is 31.7 Å². The summed E-state index contributed by atoms with van der Waals surface area (Å²) in [7, 11) is 5.41. The van der Waals surface area contributed by atoms with Gasteiger partial charge in [-0.25, -0.2) is 9.97 Å². The molecule has 1 rings (SSSR count). The predicted molar refractivity (Wildman–Crippen MR) is 86.9 cm³/mol. The predicted octanol–water partition coefficient (Wildman–Crippen LogP) is 1.69. The van der Waals surface area contributed by atoms with Gasteiger partial charge < -0.3 is 15.1 Å². The summed E-state index contributed by atoms with van der Waals surface area (Å²) >= 11 is 0. The first-order valence-corrected chi connectivity index (χ1v) is 7.43. The molecular weight excluding hydrogens is 266 g/mol. The van der Waals surface area contributed by atoms with Crippen molar-refractivity contribution in [2.45, 2.75) is 33.6 Å². The third-order valence-electron chi connectivity index (χ3n) is 3.22. The molecule has 0 atom stereocenters. The fraction of sp³-hybridized carbons (Fsp3) is 0.667.